The molecule has 0 bridgehead atoms. The largest absolute Gasteiger partial charge is 0.381 e. The van der Waals surface area contributed by atoms with E-state index in [2.05, 4.69) is 47.3 Å². The first-order chi connectivity index (χ1) is 51.0. The molecule has 0 aromatic rings. The second kappa shape index (κ2) is 36.0. The number of hydrogen-bond acceptors (Lipinski definition) is 8. The van der Waals surface area contributed by atoms with Crippen molar-refractivity contribution in [3.8, 4) is 0 Å². The zero-order chi connectivity index (χ0) is 71.0. The summed E-state index contributed by atoms with van der Waals surface area (Å²) in [6.07, 6.45) is 81.1. The first kappa shape index (κ1) is 77.6. The van der Waals surface area contributed by atoms with Crippen molar-refractivity contribution in [3.63, 3.8) is 0 Å². The van der Waals surface area contributed by atoms with Crippen LogP contribution in [0.5, 0.6) is 0 Å². The quantitative estimate of drug-likeness (QED) is 0.120. The number of nitrogens with zero attached hydrogens (tertiary/aromatic N) is 4. The Bertz CT molecular complexity index is 2170. The van der Waals surface area contributed by atoms with Gasteiger partial charge in [0.25, 0.3) is 0 Å². The van der Waals surface area contributed by atoms with Crippen LogP contribution in [0.1, 0.15) is 374 Å². The van der Waals surface area contributed by atoms with Gasteiger partial charge in [-0.2, -0.15) is 0 Å². The Balaban J connectivity index is 0.794. The van der Waals surface area contributed by atoms with Gasteiger partial charge in [0.1, 0.15) is 0 Å². The smallest absolute Gasteiger partial charge is 0.0571 e. The lowest BCUT2D eigenvalue weighted by Gasteiger charge is -2.69. The topological polar surface area (TPSA) is 49.9 Å². The van der Waals surface area contributed by atoms with Gasteiger partial charge in [-0.3, -0.25) is 19.6 Å². The molecule has 8 unspecified atom stereocenters. The molecule has 16 fully saturated rings. The third kappa shape index (κ3) is 17.1. The number of rotatable bonds is 20. The van der Waals surface area contributed by atoms with Gasteiger partial charge in [-0.05, 0) is 453 Å². The second-order valence-corrected chi connectivity index (χ2v) is 42.5. The summed E-state index contributed by atoms with van der Waals surface area (Å²) in [5.41, 5.74) is 0. The Kier molecular flexibility index (Phi) is 26.9. The zero-order valence-electron chi connectivity index (χ0n) is 69.2. The first-order valence-electron chi connectivity index (χ1n) is 48.2. The van der Waals surface area contributed by atoms with Crippen molar-refractivity contribution in [2.24, 2.45) is 107 Å². The lowest BCUT2D eigenvalue weighted by Crippen LogP contribution is -2.72. The third-order valence-corrected chi connectivity index (χ3v) is 37.7. The molecule has 16 rings (SSSR count). The van der Waals surface area contributed by atoms with Crippen LogP contribution in [-0.2, 0) is 18.9 Å². The molecule has 16 aliphatic rings. The summed E-state index contributed by atoms with van der Waals surface area (Å²) in [7, 11) is 7.99. The molecule has 0 saturated heterocycles. The molecule has 104 heavy (non-hydrogen) atoms. The lowest BCUT2D eigenvalue weighted by molar-refractivity contribution is -0.197. The van der Waals surface area contributed by atoms with Gasteiger partial charge in [0.2, 0.25) is 0 Å². The minimum atomic E-state index is 0.512. The van der Waals surface area contributed by atoms with Crippen LogP contribution in [0.3, 0.4) is 0 Å². The van der Waals surface area contributed by atoms with E-state index in [4.69, 9.17) is 18.9 Å². The molecule has 8 atom stereocenters. The Hall–Kier alpha value is -0.320. The van der Waals surface area contributed by atoms with Crippen molar-refractivity contribution < 1.29 is 18.9 Å². The van der Waals surface area contributed by atoms with Gasteiger partial charge in [0.15, 0.2) is 0 Å². The van der Waals surface area contributed by atoms with E-state index in [-0.39, 0.29) is 0 Å². The van der Waals surface area contributed by atoms with E-state index in [0.717, 1.165) is 179 Å². The predicted molar refractivity (Wildman–Crippen MR) is 431 cm³/mol. The van der Waals surface area contributed by atoms with E-state index in [1.165, 1.54) is 321 Å². The summed E-state index contributed by atoms with van der Waals surface area (Å²) < 4.78 is 24.2. The molecule has 0 radical (unpaired) electrons. The molecule has 0 N–H and O–H groups in total. The first-order valence-corrected chi connectivity index (χ1v) is 48.2. The van der Waals surface area contributed by atoms with E-state index < -0.39 is 0 Å². The monoisotopic (exact) mass is 1440 g/mol. The van der Waals surface area contributed by atoms with Crippen LogP contribution in [0.4, 0.5) is 0 Å². The Morgan fingerprint density at radius 2 is 0.317 bits per heavy atom. The number of ether oxygens (including phenoxy) is 4. The fraction of sp³-hybridized carbons (Fsp3) is 1.00. The van der Waals surface area contributed by atoms with Gasteiger partial charge >= 0.3 is 0 Å². The second-order valence-electron chi connectivity index (χ2n) is 42.5. The molecule has 16 aliphatic carbocycles. The molecule has 0 aliphatic heterocycles. The van der Waals surface area contributed by atoms with Crippen molar-refractivity contribution >= 4 is 0 Å². The van der Waals surface area contributed by atoms with Gasteiger partial charge in [-0.15, -0.1) is 0 Å². The Labute approximate surface area is 641 Å². The highest BCUT2D eigenvalue weighted by atomic mass is 16.5. The maximum absolute atomic E-state index is 6.04. The van der Waals surface area contributed by atoms with E-state index in [9.17, 15) is 0 Å². The maximum Gasteiger partial charge on any atom is 0.0571 e. The average Bonchev–Trinajstić information content (AvgIpc) is 0.700. The van der Waals surface area contributed by atoms with Crippen molar-refractivity contribution in [1.29, 1.82) is 0 Å². The van der Waals surface area contributed by atoms with Crippen LogP contribution in [0.2, 0.25) is 0 Å². The summed E-state index contributed by atoms with van der Waals surface area (Å²) in [5.74, 6) is 16.5. The normalized spacial score (nSPS) is 49.5. The zero-order valence-corrected chi connectivity index (χ0v) is 69.2. The fourth-order valence-electron chi connectivity index (χ4n) is 31.9. The van der Waals surface area contributed by atoms with Gasteiger partial charge < -0.3 is 18.9 Å². The number of hydrogen-bond donors (Lipinski definition) is 0. The molecule has 0 aromatic carbocycles. The van der Waals surface area contributed by atoms with Gasteiger partial charge in [-0.1, -0.05) is 27.7 Å². The minimum absolute atomic E-state index is 0.512. The molecule has 8 heteroatoms. The fourth-order valence-corrected chi connectivity index (χ4v) is 31.9. The Morgan fingerprint density at radius 1 is 0.173 bits per heavy atom. The molecule has 16 saturated carbocycles. The van der Waals surface area contributed by atoms with Gasteiger partial charge in [0, 0.05) is 101 Å². The average molecular weight is 1440 g/mol. The van der Waals surface area contributed by atoms with E-state index in [1.54, 1.807) is 25.7 Å². The van der Waals surface area contributed by atoms with Crippen LogP contribution in [-0.4, -0.2) is 145 Å². The highest BCUT2D eigenvalue weighted by molar-refractivity contribution is 5.17. The molecule has 0 amide bonds. The molecule has 0 aromatic heterocycles. The lowest BCUT2D eigenvalue weighted by atomic mass is 9.44. The minimum Gasteiger partial charge on any atom is -0.381 e. The summed E-state index contributed by atoms with van der Waals surface area (Å²) in [4.78, 5) is 14.6. The van der Waals surface area contributed by atoms with Crippen LogP contribution in [0.15, 0.2) is 0 Å². The van der Waals surface area contributed by atoms with Crippen LogP contribution in [0.25, 0.3) is 0 Å². The van der Waals surface area contributed by atoms with Crippen LogP contribution < -0.4 is 0 Å². The van der Waals surface area contributed by atoms with E-state index in [1.807, 2.05) is 28.4 Å². The molecular weight excluding hydrogens is 1270 g/mol. The molecule has 0 heterocycles. The summed E-state index contributed by atoms with van der Waals surface area (Å²) in [5, 5.41) is 0. The van der Waals surface area contributed by atoms with Gasteiger partial charge in [0.05, 0.1) is 24.4 Å². The van der Waals surface area contributed by atoms with Crippen molar-refractivity contribution in [2.75, 3.05) is 28.4 Å². The molecule has 594 valence electrons. The van der Waals surface area contributed by atoms with Crippen molar-refractivity contribution in [3.05, 3.63) is 0 Å². The maximum atomic E-state index is 6.04. The van der Waals surface area contributed by atoms with Crippen LogP contribution >= 0.6 is 0 Å². The predicted octanol–water partition coefficient (Wildman–Crippen LogP) is 23.1. The van der Waals surface area contributed by atoms with Crippen molar-refractivity contribution in [1.82, 2.24) is 19.6 Å². The molecule has 0 spiro atoms. The standard InChI is InChI=1S/C96H166N4O4/c1-63-9-33-75(34-10-63)97(79-41-17-67(18-42-79)71-25-49-83(101-5)50-26-71)91-61-92(98(76-35-11-64(2)12-36-76)80-43-19-68(20-44-80)72-27-51-84(102-6)52-28-72)88-59-60-90-94(100(78-39-15-66(4)16-40-78)82-47-23-70(24-48-82)74-31-55-86(104-8)56-32-74)62-93(89-58-57-87(91)95(88)96(89)90)99(77-37-13-65(3)14-38-77)81-45-21-69(22-46-81)73-29-53-85(103-7)54-30-73/h63-96H,9-62H2,1-8H3. The summed E-state index contributed by atoms with van der Waals surface area (Å²) in [6, 6.07) is 9.44. The van der Waals surface area contributed by atoms with E-state index >= 15 is 0 Å². The van der Waals surface area contributed by atoms with Gasteiger partial charge in [-0.25, -0.2) is 0 Å². The Morgan fingerprint density at radius 3 is 0.471 bits per heavy atom. The van der Waals surface area contributed by atoms with E-state index in [0.29, 0.717) is 24.4 Å². The summed E-state index contributed by atoms with van der Waals surface area (Å²) >= 11 is 0. The number of methoxy groups -OCH3 is 4. The molecular formula is C96H166N4O4. The van der Waals surface area contributed by atoms with Crippen molar-refractivity contribution in [2.45, 2.75) is 471 Å². The highest BCUT2D eigenvalue weighted by Crippen LogP contribution is 2.65. The van der Waals surface area contributed by atoms with Crippen LogP contribution in [0, 0.1) is 107 Å². The molecule has 8 nitrogen and oxygen atoms in total. The summed E-state index contributed by atoms with van der Waals surface area (Å²) in [6.45, 7) is 10.6. The highest BCUT2D eigenvalue weighted by Gasteiger charge is 2.65. The third-order valence-electron chi connectivity index (χ3n) is 37.7. The SMILES string of the molecule is COC1CCC(C2CCC(N(C3CCC(C)CC3)C3CC(N(C4CCC(C)CC4)C4CCC(C5CCC(OC)CC5)CC4)C4CCC5C6C(CCC3C46)C(N(C3CCC(C)CC3)C3CCC(C4CCC(OC)CC4)CC3)CC5N(C3CCC(C)CC3)C3CCC(C4CCC(OC)CC4)CC3)CC2)CC1.